The van der Waals surface area contributed by atoms with Gasteiger partial charge in [0.2, 0.25) is 5.82 Å². The summed E-state index contributed by atoms with van der Waals surface area (Å²) in [4.78, 5) is 3.82. The zero-order chi connectivity index (χ0) is 15.2. The van der Waals surface area contributed by atoms with Crippen LogP contribution in [0.2, 0.25) is 0 Å². The van der Waals surface area contributed by atoms with Gasteiger partial charge in [-0.15, -0.1) is 0 Å². The minimum Gasteiger partial charge on any atom is -0.311 e. The third-order valence-electron chi connectivity index (χ3n) is 3.60. The maximum atomic E-state index is 13.3. The van der Waals surface area contributed by atoms with Crippen LogP contribution in [0.15, 0.2) is 6.20 Å². The van der Waals surface area contributed by atoms with Crippen LogP contribution in [0.4, 0.5) is 13.2 Å². The van der Waals surface area contributed by atoms with Crippen LogP contribution >= 0.6 is 0 Å². The molecule has 2 aromatic rings. The average Bonchev–Trinajstić information content (AvgIpc) is 2.97. The van der Waals surface area contributed by atoms with E-state index in [0.29, 0.717) is 48.7 Å². The summed E-state index contributed by atoms with van der Waals surface area (Å²) in [6, 6.07) is 0. The minimum absolute atomic E-state index is 0.368. The van der Waals surface area contributed by atoms with Gasteiger partial charge < -0.3 is 5.32 Å². The monoisotopic (exact) mass is 299 g/mol. The van der Waals surface area contributed by atoms with Crippen molar-refractivity contribution in [3.8, 4) is 5.69 Å². The predicted molar refractivity (Wildman–Crippen MR) is 70.1 cm³/mol. The summed E-state index contributed by atoms with van der Waals surface area (Å²) >= 11 is 0. The Hall–Kier alpha value is -1.83. The third kappa shape index (κ3) is 2.33. The molecular weight excluding hydrogens is 283 g/mol. The summed E-state index contributed by atoms with van der Waals surface area (Å²) < 4.78 is 42.8. The molecule has 0 atom stereocenters. The van der Waals surface area contributed by atoms with Crippen LogP contribution in [0.3, 0.4) is 0 Å². The van der Waals surface area contributed by atoms with E-state index in [1.54, 1.807) is 17.9 Å². The largest absolute Gasteiger partial charge is 0.450 e. The highest BCUT2D eigenvalue weighted by atomic mass is 19.4. The number of rotatable bonds is 2. The maximum Gasteiger partial charge on any atom is 0.450 e. The van der Waals surface area contributed by atoms with Gasteiger partial charge in [-0.3, -0.25) is 9.25 Å². The fraction of sp³-hybridized carbons (Fsp3) is 0.538. The van der Waals surface area contributed by atoms with Gasteiger partial charge in [0.05, 0.1) is 17.1 Å². The molecule has 8 heteroatoms. The zero-order valence-corrected chi connectivity index (χ0v) is 11.8. The highest BCUT2D eigenvalue weighted by Gasteiger charge is 2.40. The molecule has 0 bridgehead atoms. The molecule has 2 aromatic heterocycles. The summed E-state index contributed by atoms with van der Waals surface area (Å²) in [5.41, 5.74) is 2.22. The molecule has 0 amide bonds. The molecule has 0 radical (unpaired) electrons. The van der Waals surface area contributed by atoms with Crippen molar-refractivity contribution in [3.63, 3.8) is 0 Å². The summed E-state index contributed by atoms with van der Waals surface area (Å²) in [6.07, 6.45) is -1.77. The van der Waals surface area contributed by atoms with Crippen LogP contribution in [0.1, 0.15) is 29.8 Å². The first kappa shape index (κ1) is 14.1. The topological polar surface area (TPSA) is 47.7 Å². The number of aromatic nitrogens is 4. The molecule has 0 saturated heterocycles. The fourth-order valence-electron chi connectivity index (χ4n) is 2.72. The van der Waals surface area contributed by atoms with E-state index in [4.69, 9.17) is 0 Å². The molecule has 0 aliphatic carbocycles. The number of alkyl halides is 3. The summed E-state index contributed by atoms with van der Waals surface area (Å²) in [5, 5.41) is 7.30. The molecule has 0 unspecified atom stereocenters. The first-order valence-corrected chi connectivity index (χ1v) is 6.83. The van der Waals surface area contributed by atoms with E-state index in [0.717, 1.165) is 0 Å². The number of imidazole rings is 1. The number of nitrogens with one attached hydrogen (secondary N) is 1. The van der Waals surface area contributed by atoms with Gasteiger partial charge in [0.15, 0.2) is 0 Å². The fourth-order valence-corrected chi connectivity index (χ4v) is 2.72. The van der Waals surface area contributed by atoms with Crippen molar-refractivity contribution in [2.45, 2.75) is 32.5 Å². The van der Waals surface area contributed by atoms with Gasteiger partial charge in [-0.05, 0) is 6.42 Å². The molecule has 3 heterocycles. The summed E-state index contributed by atoms with van der Waals surface area (Å²) in [5.74, 6) is -0.862. The van der Waals surface area contributed by atoms with Crippen molar-refractivity contribution in [2.75, 3.05) is 6.54 Å². The van der Waals surface area contributed by atoms with Crippen molar-refractivity contribution in [3.05, 3.63) is 29.1 Å². The van der Waals surface area contributed by atoms with Gasteiger partial charge in [-0.25, -0.2) is 4.98 Å². The molecule has 0 aromatic carbocycles. The first-order valence-electron chi connectivity index (χ1n) is 6.83. The lowest BCUT2D eigenvalue weighted by Gasteiger charge is -2.16. The lowest BCUT2D eigenvalue weighted by molar-refractivity contribution is -0.146. The van der Waals surface area contributed by atoms with E-state index in [9.17, 15) is 13.2 Å². The van der Waals surface area contributed by atoms with Gasteiger partial charge in [0.1, 0.15) is 0 Å². The molecule has 0 fully saturated rings. The van der Waals surface area contributed by atoms with Gasteiger partial charge in [0.25, 0.3) is 0 Å². The Bertz CT molecular complexity index is 668. The van der Waals surface area contributed by atoms with Crippen molar-refractivity contribution < 1.29 is 13.2 Å². The van der Waals surface area contributed by atoms with Crippen LogP contribution in [0, 0.1) is 0 Å². The SMILES string of the molecule is CCc1nn(C)cc1-n1c(C(F)(F)F)nc2c1CCNC2. The second-order valence-electron chi connectivity index (χ2n) is 5.08. The molecule has 5 nitrogen and oxygen atoms in total. The highest BCUT2D eigenvalue weighted by Crippen LogP contribution is 2.34. The molecule has 0 saturated carbocycles. The molecule has 21 heavy (non-hydrogen) atoms. The van der Waals surface area contributed by atoms with E-state index in [2.05, 4.69) is 15.4 Å². The highest BCUT2D eigenvalue weighted by molar-refractivity contribution is 5.41. The van der Waals surface area contributed by atoms with E-state index < -0.39 is 12.0 Å². The normalized spacial score (nSPS) is 15.3. The Morgan fingerprint density at radius 1 is 1.38 bits per heavy atom. The second kappa shape index (κ2) is 4.87. The Balaban J connectivity index is 2.26. The average molecular weight is 299 g/mol. The molecule has 114 valence electrons. The quantitative estimate of drug-likeness (QED) is 0.920. The zero-order valence-electron chi connectivity index (χ0n) is 11.8. The summed E-state index contributed by atoms with van der Waals surface area (Å²) in [7, 11) is 1.71. The van der Waals surface area contributed by atoms with E-state index >= 15 is 0 Å². The van der Waals surface area contributed by atoms with Gasteiger partial charge >= 0.3 is 6.18 Å². The molecule has 1 aliphatic heterocycles. The van der Waals surface area contributed by atoms with E-state index in [1.165, 1.54) is 4.57 Å². The van der Waals surface area contributed by atoms with Crippen LogP contribution in [0.5, 0.6) is 0 Å². The smallest absolute Gasteiger partial charge is 0.311 e. The second-order valence-corrected chi connectivity index (χ2v) is 5.08. The summed E-state index contributed by atoms with van der Waals surface area (Å²) in [6.45, 7) is 2.90. The lowest BCUT2D eigenvalue weighted by Crippen LogP contribution is -2.25. The number of halogens is 3. The number of aryl methyl sites for hydroxylation is 2. The first-order chi connectivity index (χ1) is 9.91. The molecule has 1 N–H and O–H groups in total. The van der Waals surface area contributed by atoms with Crippen molar-refractivity contribution in [1.82, 2.24) is 24.6 Å². The molecule has 3 rings (SSSR count). The van der Waals surface area contributed by atoms with Crippen LogP contribution < -0.4 is 5.32 Å². The van der Waals surface area contributed by atoms with E-state index in [1.807, 2.05) is 6.92 Å². The molecule has 0 spiro atoms. The number of hydrogen-bond acceptors (Lipinski definition) is 3. The minimum atomic E-state index is -4.49. The Kier molecular flexibility index (Phi) is 3.27. The third-order valence-corrected chi connectivity index (χ3v) is 3.60. The Morgan fingerprint density at radius 2 is 2.14 bits per heavy atom. The van der Waals surface area contributed by atoms with Crippen molar-refractivity contribution >= 4 is 0 Å². The number of fused-ring (bicyclic) bond motifs is 1. The lowest BCUT2D eigenvalue weighted by atomic mass is 10.1. The van der Waals surface area contributed by atoms with Crippen molar-refractivity contribution in [2.24, 2.45) is 7.05 Å². The number of hydrogen-bond donors (Lipinski definition) is 1. The van der Waals surface area contributed by atoms with Crippen LogP contribution in [0.25, 0.3) is 5.69 Å². The number of nitrogens with zero attached hydrogens (tertiary/aromatic N) is 4. The van der Waals surface area contributed by atoms with Gasteiger partial charge in [-0.1, -0.05) is 6.92 Å². The van der Waals surface area contributed by atoms with Crippen LogP contribution in [-0.2, 0) is 32.6 Å². The standard InChI is InChI=1S/C13H16F3N5/c1-3-8-11(7-20(2)19-8)21-10-4-5-17-6-9(10)18-12(21)13(14,15)16/h7,17H,3-6H2,1-2H3. The van der Waals surface area contributed by atoms with Crippen LogP contribution in [-0.4, -0.2) is 25.9 Å². The molecule has 1 aliphatic rings. The van der Waals surface area contributed by atoms with E-state index in [-0.39, 0.29) is 0 Å². The Morgan fingerprint density at radius 3 is 2.81 bits per heavy atom. The van der Waals surface area contributed by atoms with Gasteiger partial charge in [-0.2, -0.15) is 18.3 Å². The predicted octanol–water partition coefficient (Wildman–Crippen LogP) is 1.83. The van der Waals surface area contributed by atoms with Gasteiger partial charge in [0, 0.05) is 38.4 Å². The Labute approximate surface area is 119 Å². The maximum absolute atomic E-state index is 13.3. The van der Waals surface area contributed by atoms with Crippen molar-refractivity contribution in [1.29, 1.82) is 0 Å². The molecular formula is C13H16F3N5.